The number of aliphatic hydroxyl groups is 1. The summed E-state index contributed by atoms with van der Waals surface area (Å²) in [6, 6.07) is 5.67. The van der Waals surface area contributed by atoms with E-state index in [4.69, 9.17) is 9.84 Å². The molecule has 2 fully saturated rings. The minimum Gasteiger partial charge on any atom is -0.460 e. The summed E-state index contributed by atoms with van der Waals surface area (Å²) >= 11 is 4.07. The van der Waals surface area contributed by atoms with Crippen molar-refractivity contribution in [3.8, 4) is 12.8 Å². The van der Waals surface area contributed by atoms with Crippen molar-refractivity contribution < 1.29 is 29.0 Å². The molecule has 58 heavy (non-hydrogen) atoms. The number of rotatable bonds is 15. The summed E-state index contributed by atoms with van der Waals surface area (Å²) in [5.74, 6) is 3.18. The zero-order chi connectivity index (χ0) is 44.4. The Morgan fingerprint density at radius 1 is 1.02 bits per heavy atom. The highest BCUT2D eigenvalue weighted by atomic mass is 32.2. The van der Waals surface area contributed by atoms with Gasteiger partial charge in [0.05, 0.1) is 6.04 Å². The van der Waals surface area contributed by atoms with E-state index in [1.807, 2.05) is 96.4 Å². The summed E-state index contributed by atoms with van der Waals surface area (Å²) in [5.41, 5.74) is 0.832. The largest absolute Gasteiger partial charge is 0.460 e. The van der Waals surface area contributed by atoms with Crippen molar-refractivity contribution in [3.05, 3.63) is 42.7 Å². The van der Waals surface area contributed by atoms with Gasteiger partial charge in [-0.25, -0.2) is 0 Å². The quantitative estimate of drug-likeness (QED) is 0.101. The maximum atomic E-state index is 13.4. The first-order chi connectivity index (χ1) is 27.0. The number of likely N-dealkylation sites (N-methyl/N-ethyl adjacent to an activating group) is 1. The number of hydrogen-bond acceptors (Lipinski definition) is 9. The molecule has 2 aliphatic rings. The minimum absolute atomic E-state index is 0. The maximum absolute atomic E-state index is 13.4. The van der Waals surface area contributed by atoms with Crippen molar-refractivity contribution in [2.45, 2.75) is 165 Å². The number of allylic oxidation sites excluding steroid dienone is 1. The van der Waals surface area contributed by atoms with Crippen molar-refractivity contribution in [2.75, 3.05) is 30.7 Å². The van der Waals surface area contributed by atoms with Crippen LogP contribution in [0.5, 0.6) is 0 Å². The summed E-state index contributed by atoms with van der Waals surface area (Å²) < 4.78 is 4.80. The molecule has 9 nitrogen and oxygen atoms in total. The SMILES string of the molecule is C.C#C.C1CSCS1.C=CCC(CC[C@H](CC1CCCCC1)NC(=O)C(C)C)C(=O)N(C)C(C(C)=O)[C@H](C)CC.CC(=O)OC(C)(C)C.CCc1ccccn1.CO. The van der Waals surface area contributed by atoms with Gasteiger partial charge >= 0.3 is 5.97 Å². The first kappa shape index (κ1) is 61.8. The summed E-state index contributed by atoms with van der Waals surface area (Å²) in [4.78, 5) is 54.1. The van der Waals surface area contributed by atoms with Crippen LogP contribution in [0, 0.1) is 36.5 Å². The fourth-order valence-corrected chi connectivity index (χ4v) is 8.78. The third kappa shape index (κ3) is 32.1. The number of terminal acetylenes is 1. The van der Waals surface area contributed by atoms with Crippen molar-refractivity contribution in [3.63, 3.8) is 0 Å². The molecule has 0 spiro atoms. The number of amides is 2. The van der Waals surface area contributed by atoms with E-state index in [1.165, 1.54) is 55.6 Å². The average molecular weight is 852 g/mol. The lowest BCUT2D eigenvalue weighted by atomic mass is 9.83. The Balaban J connectivity index is -0.000000448. The maximum Gasteiger partial charge on any atom is 0.303 e. The van der Waals surface area contributed by atoms with E-state index in [2.05, 4.69) is 36.7 Å². The molecule has 4 atom stereocenters. The molecule has 2 amide bonds. The van der Waals surface area contributed by atoms with Gasteiger partial charge in [-0.2, -0.15) is 23.5 Å². The van der Waals surface area contributed by atoms with Crippen LogP contribution in [0.2, 0.25) is 0 Å². The third-order valence-electron chi connectivity index (χ3n) is 9.32. The normalized spacial score (nSPS) is 15.2. The highest BCUT2D eigenvalue weighted by Crippen LogP contribution is 2.30. The Kier molecular flexibility index (Phi) is 40.9. The van der Waals surface area contributed by atoms with Crippen molar-refractivity contribution >= 4 is 47.1 Å². The fraction of sp³-hybridized carbons (Fsp3) is 0.723. The van der Waals surface area contributed by atoms with Crippen LogP contribution in [-0.4, -0.2) is 87.0 Å². The number of Topliss-reactive ketones (excluding diaryl/α,β-unsaturated/α-hetero) is 1. The average Bonchev–Trinajstić information content (AvgIpc) is 3.78. The molecular weight excluding hydrogens is 767 g/mol. The molecule has 2 unspecified atom stereocenters. The van der Waals surface area contributed by atoms with Gasteiger partial charge in [0.15, 0.2) is 5.78 Å². The smallest absolute Gasteiger partial charge is 0.303 e. The summed E-state index contributed by atoms with van der Waals surface area (Å²) in [6.07, 6.45) is 22.9. The monoisotopic (exact) mass is 852 g/mol. The molecule has 3 rings (SSSR count). The molecule has 1 saturated heterocycles. The number of pyridine rings is 1. The number of ether oxygens (including phenoxy) is 1. The Labute approximate surface area is 364 Å². The summed E-state index contributed by atoms with van der Waals surface area (Å²) in [5, 5.41) is 11.6. The summed E-state index contributed by atoms with van der Waals surface area (Å²) in [6.45, 7) is 22.4. The Hall–Kier alpha value is -2.81. The number of carbonyl (C=O) groups is 4. The van der Waals surface area contributed by atoms with Gasteiger partial charge in [-0.05, 0) is 83.8 Å². The van der Waals surface area contributed by atoms with Gasteiger partial charge in [-0.15, -0.1) is 19.4 Å². The second-order valence-corrected chi connectivity index (χ2v) is 18.2. The Morgan fingerprint density at radius 3 is 1.93 bits per heavy atom. The highest BCUT2D eigenvalue weighted by molar-refractivity contribution is 8.19. The lowest BCUT2D eigenvalue weighted by Gasteiger charge is -2.34. The van der Waals surface area contributed by atoms with Gasteiger partial charge in [0.25, 0.3) is 0 Å². The second-order valence-electron chi connectivity index (χ2n) is 15.6. The van der Waals surface area contributed by atoms with Gasteiger partial charge in [0, 0.05) is 67.4 Å². The van der Waals surface area contributed by atoms with Crippen LogP contribution in [-0.2, 0) is 30.3 Å². The standard InChI is InChI=1S/C27H48N2O3.C7H9N.C6H12O2.C3H6S2.C2H2.CH4O.CH4/c1-8-13-23(27(32)29(7)25(21(6)30)20(5)9-2)16-17-24(28-26(31)19(3)4)18-22-14-11-10-12-15-22;1-2-7-5-3-4-6-8-7;1-5(7)8-6(2,3)4;1-2-5-3-4-1;2*1-2;/h8,19-20,22-25H,1,9-18H2,2-7H3,(H,28,31);3-6H,2H2,1H3;1-4H3;1-3H2;1-2H;2H,1H3;1H4/t20-,23?,24-,25?;;;;;;/m1....../s1. The van der Waals surface area contributed by atoms with Crippen LogP contribution in [0.1, 0.15) is 147 Å². The number of nitrogens with one attached hydrogen (secondary N) is 1. The van der Waals surface area contributed by atoms with E-state index in [0.29, 0.717) is 18.8 Å². The predicted octanol–water partition coefficient (Wildman–Crippen LogP) is 10.4. The molecule has 2 N–H and O–H groups in total. The van der Waals surface area contributed by atoms with Crippen LogP contribution in [0.3, 0.4) is 0 Å². The Morgan fingerprint density at radius 2 is 1.59 bits per heavy atom. The molecule has 0 bridgehead atoms. The van der Waals surface area contributed by atoms with Crippen LogP contribution in [0.25, 0.3) is 0 Å². The minimum atomic E-state index is -0.390. The van der Waals surface area contributed by atoms with E-state index in [1.54, 1.807) is 24.9 Å². The lowest BCUT2D eigenvalue weighted by Crippen LogP contribution is -2.48. The molecule has 1 aromatic rings. The van der Waals surface area contributed by atoms with Crippen LogP contribution in [0.4, 0.5) is 0 Å². The molecule has 1 aliphatic heterocycles. The number of esters is 1. The van der Waals surface area contributed by atoms with Crippen LogP contribution < -0.4 is 5.32 Å². The number of hydrogen-bond donors (Lipinski definition) is 2. The van der Waals surface area contributed by atoms with E-state index in [9.17, 15) is 19.2 Å². The third-order valence-corrected chi connectivity index (χ3v) is 11.9. The fourth-order valence-electron chi connectivity index (χ4n) is 6.42. The summed E-state index contributed by atoms with van der Waals surface area (Å²) in [7, 11) is 2.76. The van der Waals surface area contributed by atoms with Crippen molar-refractivity contribution in [1.82, 2.24) is 15.2 Å². The highest BCUT2D eigenvalue weighted by Gasteiger charge is 2.32. The number of nitrogens with zero attached hydrogens (tertiary/aromatic N) is 2. The number of thioether (sulfide) groups is 2. The van der Waals surface area contributed by atoms with Crippen molar-refractivity contribution in [2.24, 2.45) is 23.7 Å². The first-order valence-electron chi connectivity index (χ1n) is 20.7. The first-order valence-corrected chi connectivity index (χ1v) is 23.0. The molecule has 1 aromatic heterocycles. The van der Waals surface area contributed by atoms with Gasteiger partial charge in [-0.1, -0.05) is 92.7 Å². The molecule has 1 aliphatic carbocycles. The molecule has 1 saturated carbocycles. The van der Waals surface area contributed by atoms with Crippen LogP contribution >= 0.6 is 23.5 Å². The second kappa shape index (κ2) is 38.4. The number of ketones is 1. The number of aromatic nitrogens is 1. The van der Waals surface area contributed by atoms with Crippen LogP contribution in [0.15, 0.2) is 37.1 Å². The van der Waals surface area contributed by atoms with E-state index >= 15 is 0 Å². The molecule has 336 valence electrons. The zero-order valence-corrected chi connectivity index (χ0v) is 39.4. The van der Waals surface area contributed by atoms with Gasteiger partial charge in [-0.3, -0.25) is 24.2 Å². The van der Waals surface area contributed by atoms with Gasteiger partial charge in [0.1, 0.15) is 5.60 Å². The molecule has 2 heterocycles. The Bertz CT molecular complexity index is 1200. The predicted molar refractivity (Wildman–Crippen MR) is 252 cm³/mol. The molecule has 0 aromatic carbocycles. The number of carbonyl (C=O) groups excluding carboxylic acids is 4. The topological polar surface area (TPSA) is 126 Å². The molecule has 11 heteroatoms. The zero-order valence-electron chi connectivity index (χ0n) is 37.8. The van der Waals surface area contributed by atoms with Gasteiger partial charge in [0.2, 0.25) is 11.8 Å². The number of aryl methyl sites for hydroxylation is 1. The number of aliphatic hydroxyl groups excluding tert-OH is 1. The molecule has 0 radical (unpaired) electrons. The van der Waals surface area contributed by atoms with Crippen molar-refractivity contribution in [1.29, 1.82) is 0 Å². The van der Waals surface area contributed by atoms with E-state index < -0.39 is 6.04 Å². The van der Waals surface area contributed by atoms with E-state index in [0.717, 1.165) is 38.5 Å². The van der Waals surface area contributed by atoms with E-state index in [-0.39, 0.29) is 60.4 Å². The van der Waals surface area contributed by atoms with Gasteiger partial charge < -0.3 is 20.1 Å². The lowest BCUT2D eigenvalue weighted by molar-refractivity contribution is -0.152. The molecular formula is C47H85N3O6S2.